The van der Waals surface area contributed by atoms with Gasteiger partial charge >= 0.3 is 5.97 Å². The number of hydrogen-bond donors (Lipinski definition) is 3. The van der Waals surface area contributed by atoms with Crippen LogP contribution >= 0.6 is 0 Å². The number of aliphatic carboxylic acids is 1. The maximum absolute atomic E-state index is 12.2. The van der Waals surface area contributed by atoms with Crippen LogP contribution in [0.4, 0.5) is 0 Å². The van der Waals surface area contributed by atoms with Crippen molar-refractivity contribution >= 4 is 28.6 Å². The van der Waals surface area contributed by atoms with E-state index in [2.05, 4.69) is 10.6 Å². The molecule has 0 aliphatic rings. The number of carboxylic acids is 1. The quantitative estimate of drug-likeness (QED) is 0.656. The molecule has 0 fully saturated rings. The number of ether oxygens (including phenoxy) is 1. The summed E-state index contributed by atoms with van der Waals surface area (Å²) >= 11 is 0. The summed E-state index contributed by atoms with van der Waals surface area (Å²) in [6.45, 7) is 0.850. The highest BCUT2D eigenvalue weighted by atomic mass is 16.5. The van der Waals surface area contributed by atoms with Crippen LogP contribution in [0.2, 0.25) is 0 Å². The maximum Gasteiger partial charge on any atom is 0.331 e. The minimum Gasteiger partial charge on any atom is -0.479 e. The highest BCUT2D eigenvalue weighted by Crippen LogP contribution is 2.18. The Morgan fingerprint density at radius 1 is 1.08 bits per heavy atom. The van der Waals surface area contributed by atoms with Gasteiger partial charge in [-0.15, -0.1) is 0 Å². The topological polar surface area (TPSA) is 105 Å². The summed E-state index contributed by atoms with van der Waals surface area (Å²) < 4.78 is 4.83. The van der Waals surface area contributed by atoms with Gasteiger partial charge in [-0.3, -0.25) is 9.59 Å². The van der Waals surface area contributed by atoms with Gasteiger partial charge in [-0.1, -0.05) is 42.5 Å². The van der Waals surface area contributed by atoms with E-state index >= 15 is 0 Å². The Morgan fingerprint density at radius 2 is 1.77 bits per heavy atom. The van der Waals surface area contributed by atoms with Gasteiger partial charge in [0.15, 0.2) is 5.54 Å². The summed E-state index contributed by atoms with van der Waals surface area (Å²) in [7, 11) is 1.35. The van der Waals surface area contributed by atoms with Crippen LogP contribution in [0.3, 0.4) is 0 Å². The SMILES string of the molecule is COCC(C)(NC(=O)CNC(=O)Cc1cccc2ccccc12)C(=O)O. The molecule has 2 amide bonds. The van der Waals surface area contributed by atoms with E-state index in [-0.39, 0.29) is 25.5 Å². The van der Waals surface area contributed by atoms with Gasteiger partial charge in [0, 0.05) is 7.11 Å². The van der Waals surface area contributed by atoms with Crippen LogP contribution in [0.5, 0.6) is 0 Å². The van der Waals surface area contributed by atoms with Crippen LogP contribution in [0, 0.1) is 0 Å². The van der Waals surface area contributed by atoms with Crippen molar-refractivity contribution in [2.75, 3.05) is 20.3 Å². The first kappa shape index (κ1) is 19.4. The Labute approximate surface area is 151 Å². The number of methoxy groups -OCH3 is 1. The molecule has 2 aromatic rings. The maximum atomic E-state index is 12.2. The third kappa shape index (κ3) is 4.80. The van der Waals surface area contributed by atoms with E-state index in [9.17, 15) is 19.5 Å². The molecule has 0 spiro atoms. The van der Waals surface area contributed by atoms with Crippen LogP contribution in [0.15, 0.2) is 42.5 Å². The average Bonchev–Trinajstić information content (AvgIpc) is 2.60. The Morgan fingerprint density at radius 3 is 2.46 bits per heavy atom. The van der Waals surface area contributed by atoms with Crippen molar-refractivity contribution in [1.82, 2.24) is 10.6 Å². The first-order valence-corrected chi connectivity index (χ1v) is 8.12. The third-order valence-corrected chi connectivity index (χ3v) is 4.00. The van der Waals surface area contributed by atoms with Crippen molar-refractivity contribution in [1.29, 1.82) is 0 Å². The molecule has 0 saturated heterocycles. The molecule has 26 heavy (non-hydrogen) atoms. The predicted octanol–water partition coefficient (Wildman–Crippen LogP) is 1.10. The number of fused-ring (bicyclic) bond motifs is 1. The minimum absolute atomic E-state index is 0.128. The van der Waals surface area contributed by atoms with E-state index in [0.29, 0.717) is 0 Å². The zero-order chi connectivity index (χ0) is 19.2. The second-order valence-electron chi connectivity index (χ2n) is 6.21. The normalized spacial score (nSPS) is 13.0. The second kappa shape index (κ2) is 8.44. The molecule has 1 unspecified atom stereocenters. The molecule has 2 aromatic carbocycles. The summed E-state index contributed by atoms with van der Waals surface area (Å²) in [5, 5.41) is 16.1. The molecular formula is C19H22N2O5. The molecule has 2 rings (SSSR count). The number of amides is 2. The zero-order valence-electron chi connectivity index (χ0n) is 14.7. The fraction of sp³-hybridized carbons (Fsp3) is 0.316. The standard InChI is InChI=1S/C19H22N2O5/c1-19(12-26-2,18(24)25)21-17(23)11-20-16(22)10-14-8-5-7-13-6-3-4-9-15(13)14/h3-9H,10-12H2,1-2H3,(H,20,22)(H,21,23)(H,24,25). The summed E-state index contributed by atoms with van der Waals surface area (Å²) in [4.78, 5) is 35.4. The molecule has 0 aliphatic heterocycles. The van der Waals surface area contributed by atoms with E-state index in [4.69, 9.17) is 4.74 Å². The average molecular weight is 358 g/mol. The summed E-state index contributed by atoms with van der Waals surface area (Å²) in [5.41, 5.74) is -0.692. The van der Waals surface area contributed by atoms with Gasteiger partial charge in [-0.25, -0.2) is 4.79 Å². The summed E-state index contributed by atoms with van der Waals surface area (Å²) in [6, 6.07) is 13.4. The molecule has 7 heteroatoms. The van der Waals surface area contributed by atoms with E-state index in [1.165, 1.54) is 14.0 Å². The number of hydrogen-bond acceptors (Lipinski definition) is 4. The number of nitrogens with one attached hydrogen (secondary N) is 2. The second-order valence-corrected chi connectivity index (χ2v) is 6.21. The molecule has 3 N–H and O–H groups in total. The smallest absolute Gasteiger partial charge is 0.331 e. The lowest BCUT2D eigenvalue weighted by Gasteiger charge is -2.25. The number of benzene rings is 2. The monoisotopic (exact) mass is 358 g/mol. The number of rotatable bonds is 8. The lowest BCUT2D eigenvalue weighted by atomic mass is 10.0. The molecule has 138 valence electrons. The Bertz CT molecular complexity index is 815. The molecule has 0 radical (unpaired) electrons. The lowest BCUT2D eigenvalue weighted by Crippen LogP contribution is -2.57. The number of carbonyl (C=O) groups excluding carboxylic acids is 2. The molecule has 7 nitrogen and oxygen atoms in total. The zero-order valence-corrected chi connectivity index (χ0v) is 14.7. The van der Waals surface area contributed by atoms with Crippen molar-refractivity contribution in [3.8, 4) is 0 Å². The van der Waals surface area contributed by atoms with Gasteiger partial charge in [-0.05, 0) is 23.3 Å². The minimum atomic E-state index is -1.55. The fourth-order valence-corrected chi connectivity index (χ4v) is 2.65. The molecule has 1 atom stereocenters. The van der Waals surface area contributed by atoms with Crippen molar-refractivity contribution in [3.05, 3.63) is 48.0 Å². The van der Waals surface area contributed by atoms with Gasteiger partial charge in [0.1, 0.15) is 0 Å². The highest BCUT2D eigenvalue weighted by Gasteiger charge is 2.34. The van der Waals surface area contributed by atoms with E-state index in [0.717, 1.165) is 16.3 Å². The van der Waals surface area contributed by atoms with E-state index in [1.807, 2.05) is 42.5 Å². The van der Waals surface area contributed by atoms with Gasteiger partial charge < -0.3 is 20.5 Å². The van der Waals surface area contributed by atoms with Crippen molar-refractivity contribution in [2.45, 2.75) is 18.9 Å². The van der Waals surface area contributed by atoms with Crippen LogP contribution in [-0.4, -0.2) is 48.7 Å². The molecule has 0 bridgehead atoms. The van der Waals surface area contributed by atoms with Gasteiger partial charge in [0.05, 0.1) is 19.6 Å². The Balaban J connectivity index is 1.94. The first-order valence-electron chi connectivity index (χ1n) is 8.12. The summed E-state index contributed by atoms with van der Waals surface area (Å²) in [6.07, 6.45) is 0.128. The van der Waals surface area contributed by atoms with Gasteiger partial charge in [0.25, 0.3) is 0 Å². The number of carboxylic acid groups (broad SMARTS) is 1. The molecular weight excluding hydrogens is 336 g/mol. The summed E-state index contributed by atoms with van der Waals surface area (Å²) in [5.74, 6) is -2.13. The van der Waals surface area contributed by atoms with Crippen LogP contribution in [0.25, 0.3) is 10.8 Å². The van der Waals surface area contributed by atoms with Crippen molar-refractivity contribution < 1.29 is 24.2 Å². The van der Waals surface area contributed by atoms with Crippen molar-refractivity contribution in [2.24, 2.45) is 0 Å². The molecule has 0 saturated carbocycles. The largest absolute Gasteiger partial charge is 0.479 e. The number of carbonyl (C=O) groups is 3. The van der Waals surface area contributed by atoms with Crippen LogP contribution < -0.4 is 10.6 Å². The highest BCUT2D eigenvalue weighted by molar-refractivity contribution is 5.92. The predicted molar refractivity (Wildman–Crippen MR) is 96.7 cm³/mol. The first-order chi connectivity index (χ1) is 12.4. The molecule has 0 aromatic heterocycles. The third-order valence-electron chi connectivity index (χ3n) is 4.00. The fourth-order valence-electron chi connectivity index (χ4n) is 2.65. The molecule has 0 aliphatic carbocycles. The Kier molecular flexibility index (Phi) is 6.30. The van der Waals surface area contributed by atoms with Gasteiger partial charge in [-0.2, -0.15) is 0 Å². The lowest BCUT2D eigenvalue weighted by molar-refractivity contribution is -0.149. The van der Waals surface area contributed by atoms with E-state index in [1.54, 1.807) is 0 Å². The van der Waals surface area contributed by atoms with Crippen LogP contribution in [0.1, 0.15) is 12.5 Å². The Hall–Kier alpha value is -2.93. The molecule has 0 heterocycles. The van der Waals surface area contributed by atoms with Gasteiger partial charge in [0.2, 0.25) is 11.8 Å². The van der Waals surface area contributed by atoms with Crippen LogP contribution in [-0.2, 0) is 25.5 Å². The van der Waals surface area contributed by atoms with Crippen molar-refractivity contribution in [3.63, 3.8) is 0 Å². The van der Waals surface area contributed by atoms with E-state index < -0.39 is 17.4 Å².